The van der Waals surface area contributed by atoms with Gasteiger partial charge in [0, 0.05) is 5.02 Å². The first-order valence-corrected chi connectivity index (χ1v) is 7.66. The van der Waals surface area contributed by atoms with Crippen molar-refractivity contribution in [3.05, 3.63) is 40.1 Å². The SMILES string of the molecule is CCOC(=O)C1=C(COc2ccc(Cl)c(C)c2)NC(=O)N[C@@H]1C. The van der Waals surface area contributed by atoms with Crippen molar-refractivity contribution in [2.45, 2.75) is 26.8 Å². The van der Waals surface area contributed by atoms with E-state index in [9.17, 15) is 9.59 Å². The number of carbonyl (C=O) groups is 2. The lowest BCUT2D eigenvalue weighted by molar-refractivity contribution is -0.139. The number of carbonyl (C=O) groups excluding carboxylic acids is 2. The molecule has 0 aliphatic carbocycles. The summed E-state index contributed by atoms with van der Waals surface area (Å²) >= 11 is 5.98. The fourth-order valence-corrected chi connectivity index (χ4v) is 2.37. The largest absolute Gasteiger partial charge is 0.487 e. The van der Waals surface area contributed by atoms with Crippen molar-refractivity contribution in [2.75, 3.05) is 13.2 Å². The molecule has 124 valence electrons. The van der Waals surface area contributed by atoms with Crippen LogP contribution in [-0.2, 0) is 9.53 Å². The minimum Gasteiger partial charge on any atom is -0.487 e. The summed E-state index contributed by atoms with van der Waals surface area (Å²) in [5, 5.41) is 5.89. The van der Waals surface area contributed by atoms with E-state index in [1.165, 1.54) is 0 Å². The zero-order valence-corrected chi connectivity index (χ0v) is 14.0. The van der Waals surface area contributed by atoms with E-state index >= 15 is 0 Å². The summed E-state index contributed by atoms with van der Waals surface area (Å²) in [6, 6.07) is 4.42. The summed E-state index contributed by atoms with van der Waals surface area (Å²) in [5.41, 5.74) is 1.64. The molecule has 0 saturated carbocycles. The first kappa shape index (κ1) is 17.1. The van der Waals surface area contributed by atoms with Crippen LogP contribution < -0.4 is 15.4 Å². The van der Waals surface area contributed by atoms with E-state index in [2.05, 4.69) is 10.6 Å². The molecule has 0 aromatic heterocycles. The number of rotatable bonds is 5. The Morgan fingerprint density at radius 2 is 2.13 bits per heavy atom. The molecule has 0 radical (unpaired) electrons. The van der Waals surface area contributed by atoms with Crippen molar-refractivity contribution in [3.63, 3.8) is 0 Å². The number of hydrogen-bond acceptors (Lipinski definition) is 4. The number of benzene rings is 1. The van der Waals surface area contributed by atoms with Crippen molar-refractivity contribution in [1.82, 2.24) is 10.6 Å². The van der Waals surface area contributed by atoms with E-state index in [0.717, 1.165) is 5.56 Å². The molecular weight excluding hydrogens is 320 g/mol. The molecule has 2 N–H and O–H groups in total. The average Bonchev–Trinajstić information content (AvgIpc) is 2.48. The molecule has 1 aliphatic rings. The maximum atomic E-state index is 12.1. The Morgan fingerprint density at radius 1 is 1.39 bits per heavy atom. The topological polar surface area (TPSA) is 76.7 Å². The Bertz CT molecular complexity index is 657. The highest BCUT2D eigenvalue weighted by atomic mass is 35.5. The van der Waals surface area contributed by atoms with Gasteiger partial charge in [-0.2, -0.15) is 0 Å². The summed E-state index contributed by atoms with van der Waals surface area (Å²) in [4.78, 5) is 23.7. The molecule has 23 heavy (non-hydrogen) atoms. The van der Waals surface area contributed by atoms with Crippen LogP contribution >= 0.6 is 11.6 Å². The van der Waals surface area contributed by atoms with Gasteiger partial charge in [-0.25, -0.2) is 9.59 Å². The van der Waals surface area contributed by atoms with E-state index in [0.29, 0.717) is 22.0 Å². The molecule has 2 amide bonds. The van der Waals surface area contributed by atoms with Crippen molar-refractivity contribution in [3.8, 4) is 5.75 Å². The highest BCUT2D eigenvalue weighted by molar-refractivity contribution is 6.31. The van der Waals surface area contributed by atoms with Crippen LogP contribution in [-0.4, -0.2) is 31.3 Å². The van der Waals surface area contributed by atoms with E-state index in [4.69, 9.17) is 21.1 Å². The number of ether oxygens (including phenoxy) is 2. The monoisotopic (exact) mass is 338 g/mol. The minimum atomic E-state index is -0.474. The summed E-state index contributed by atoms with van der Waals surface area (Å²) in [5.74, 6) is 0.126. The number of hydrogen-bond donors (Lipinski definition) is 2. The fourth-order valence-electron chi connectivity index (χ4n) is 2.26. The van der Waals surface area contributed by atoms with Gasteiger partial charge in [0.2, 0.25) is 0 Å². The van der Waals surface area contributed by atoms with Crippen LogP contribution in [0.4, 0.5) is 4.79 Å². The molecular formula is C16H19ClN2O4. The van der Waals surface area contributed by atoms with Crippen LogP contribution in [0.2, 0.25) is 5.02 Å². The number of aryl methyl sites for hydroxylation is 1. The molecule has 1 aromatic rings. The minimum absolute atomic E-state index is 0.0486. The molecule has 1 aromatic carbocycles. The lowest BCUT2D eigenvalue weighted by Crippen LogP contribution is -2.50. The lowest BCUT2D eigenvalue weighted by Gasteiger charge is -2.26. The summed E-state index contributed by atoms with van der Waals surface area (Å²) in [6.45, 7) is 5.62. The Kier molecular flexibility index (Phi) is 5.50. The van der Waals surface area contributed by atoms with Crippen LogP contribution in [0.3, 0.4) is 0 Å². The second-order valence-electron chi connectivity index (χ2n) is 5.13. The third kappa shape index (κ3) is 4.16. The lowest BCUT2D eigenvalue weighted by atomic mass is 10.0. The normalized spacial score (nSPS) is 17.4. The van der Waals surface area contributed by atoms with E-state index in [-0.39, 0.29) is 19.2 Å². The van der Waals surface area contributed by atoms with Gasteiger partial charge in [-0.1, -0.05) is 11.6 Å². The summed E-state index contributed by atoms with van der Waals surface area (Å²) in [7, 11) is 0. The van der Waals surface area contributed by atoms with Crippen molar-refractivity contribution in [1.29, 1.82) is 0 Å². The van der Waals surface area contributed by atoms with Crippen molar-refractivity contribution >= 4 is 23.6 Å². The van der Waals surface area contributed by atoms with Gasteiger partial charge >= 0.3 is 12.0 Å². The average molecular weight is 339 g/mol. The molecule has 6 nitrogen and oxygen atoms in total. The molecule has 1 atom stereocenters. The molecule has 1 heterocycles. The Balaban J connectivity index is 2.20. The highest BCUT2D eigenvalue weighted by Crippen LogP contribution is 2.22. The van der Waals surface area contributed by atoms with Gasteiger partial charge in [-0.05, 0) is 44.5 Å². The number of halogens is 1. The second-order valence-corrected chi connectivity index (χ2v) is 5.54. The first-order chi connectivity index (χ1) is 10.9. The Morgan fingerprint density at radius 3 is 2.78 bits per heavy atom. The van der Waals surface area contributed by atoms with Crippen LogP contribution in [0.1, 0.15) is 19.4 Å². The number of esters is 1. The first-order valence-electron chi connectivity index (χ1n) is 7.29. The standard InChI is InChI=1S/C16H19ClN2O4/c1-4-22-15(20)14-10(3)18-16(21)19-13(14)8-23-11-5-6-12(17)9(2)7-11/h5-7,10H,4,8H2,1-3H3,(H2,18,19,21)/t10-/m1/s1. The Labute approximate surface area is 139 Å². The van der Waals surface area contributed by atoms with Gasteiger partial charge in [0.15, 0.2) is 0 Å². The third-order valence-corrected chi connectivity index (χ3v) is 3.80. The maximum Gasteiger partial charge on any atom is 0.338 e. The molecule has 0 saturated heterocycles. The second kappa shape index (κ2) is 7.37. The van der Waals surface area contributed by atoms with Crippen LogP contribution in [0.25, 0.3) is 0 Å². The molecule has 0 fully saturated rings. The van der Waals surface area contributed by atoms with E-state index in [1.54, 1.807) is 32.0 Å². The summed E-state index contributed by atoms with van der Waals surface area (Å²) < 4.78 is 10.7. The van der Waals surface area contributed by atoms with Gasteiger partial charge in [0.25, 0.3) is 0 Å². The zero-order valence-electron chi connectivity index (χ0n) is 13.2. The quantitative estimate of drug-likeness (QED) is 0.809. The molecule has 0 bridgehead atoms. The maximum absolute atomic E-state index is 12.1. The van der Waals surface area contributed by atoms with Gasteiger partial charge in [0.1, 0.15) is 12.4 Å². The van der Waals surface area contributed by atoms with Crippen LogP contribution in [0.5, 0.6) is 5.75 Å². The zero-order chi connectivity index (χ0) is 17.0. The summed E-state index contributed by atoms with van der Waals surface area (Å²) in [6.07, 6.45) is 0. The van der Waals surface area contributed by atoms with Gasteiger partial charge in [0.05, 0.1) is 23.9 Å². The Hall–Kier alpha value is -2.21. The smallest absolute Gasteiger partial charge is 0.338 e. The van der Waals surface area contributed by atoms with E-state index < -0.39 is 12.0 Å². The molecule has 2 rings (SSSR count). The van der Waals surface area contributed by atoms with Gasteiger partial charge < -0.3 is 20.1 Å². The number of nitrogens with one attached hydrogen (secondary N) is 2. The molecule has 7 heteroatoms. The van der Waals surface area contributed by atoms with Crippen LogP contribution in [0, 0.1) is 6.92 Å². The van der Waals surface area contributed by atoms with Crippen LogP contribution in [0.15, 0.2) is 29.5 Å². The van der Waals surface area contributed by atoms with E-state index in [1.807, 2.05) is 6.92 Å². The number of amides is 2. The molecule has 0 unspecified atom stereocenters. The predicted molar refractivity (Wildman–Crippen MR) is 86.5 cm³/mol. The molecule has 0 spiro atoms. The van der Waals surface area contributed by atoms with Gasteiger partial charge in [-0.15, -0.1) is 0 Å². The third-order valence-electron chi connectivity index (χ3n) is 3.38. The van der Waals surface area contributed by atoms with Crippen molar-refractivity contribution < 1.29 is 19.1 Å². The highest BCUT2D eigenvalue weighted by Gasteiger charge is 2.29. The molecule has 1 aliphatic heterocycles. The predicted octanol–water partition coefficient (Wildman–Crippen LogP) is 2.55. The van der Waals surface area contributed by atoms with Gasteiger partial charge in [-0.3, -0.25) is 0 Å². The number of urea groups is 1. The fraction of sp³-hybridized carbons (Fsp3) is 0.375. The van der Waals surface area contributed by atoms with Crippen molar-refractivity contribution in [2.24, 2.45) is 0 Å².